The van der Waals surface area contributed by atoms with Crippen molar-refractivity contribution in [3.63, 3.8) is 0 Å². The zero-order valence-electron chi connectivity index (χ0n) is 19.8. The van der Waals surface area contributed by atoms with Crippen LogP contribution in [0.5, 0.6) is 0 Å². The fourth-order valence-corrected chi connectivity index (χ4v) is 5.85. The first-order valence-corrected chi connectivity index (χ1v) is 12.2. The van der Waals surface area contributed by atoms with Gasteiger partial charge in [0.05, 0.1) is 11.4 Å². The number of anilines is 1. The third-order valence-corrected chi connectivity index (χ3v) is 7.91. The Balaban J connectivity index is 1.19. The fraction of sp³-hybridized carbons (Fsp3) is 0.556. The van der Waals surface area contributed by atoms with E-state index in [2.05, 4.69) is 60.0 Å². The Morgan fingerprint density at radius 3 is 2.44 bits per heavy atom. The number of hydrogen-bond acceptors (Lipinski definition) is 3. The number of benzene rings is 1. The number of likely N-dealkylation sites (tertiary alicyclic amines) is 2. The molecule has 2 amide bonds. The van der Waals surface area contributed by atoms with Crippen LogP contribution in [0.15, 0.2) is 42.5 Å². The number of urea groups is 1. The number of hydrogen-bond donors (Lipinski definition) is 0. The number of aromatic nitrogens is 1. The Kier molecular flexibility index (Phi) is 5.48. The maximum atomic E-state index is 13.5. The highest BCUT2D eigenvalue weighted by Crippen LogP contribution is 2.43. The molecule has 0 radical (unpaired) electrons. The van der Waals surface area contributed by atoms with E-state index < -0.39 is 0 Å². The number of carbonyl (C=O) groups is 1. The van der Waals surface area contributed by atoms with E-state index in [1.165, 1.54) is 18.4 Å². The molecule has 5 rings (SSSR count). The van der Waals surface area contributed by atoms with Gasteiger partial charge in [-0.1, -0.05) is 44.2 Å². The number of rotatable bonds is 3. The largest absolute Gasteiger partial charge is 0.324 e. The molecule has 2 aromatic rings. The lowest BCUT2D eigenvalue weighted by Crippen LogP contribution is -2.46. The lowest BCUT2D eigenvalue weighted by Gasteiger charge is -2.39. The van der Waals surface area contributed by atoms with Gasteiger partial charge in [-0.15, -0.1) is 0 Å². The summed E-state index contributed by atoms with van der Waals surface area (Å²) in [4.78, 5) is 25.0. The number of pyridine rings is 1. The minimum atomic E-state index is -0.0987. The zero-order valence-corrected chi connectivity index (χ0v) is 19.8. The molecule has 1 aromatic carbocycles. The molecule has 4 heterocycles. The minimum absolute atomic E-state index is 0.0987. The number of nitrogens with zero attached hydrogens (tertiary/aromatic N) is 4. The zero-order chi connectivity index (χ0) is 22.3. The molecule has 0 bridgehead atoms. The molecule has 1 aromatic heterocycles. The first-order valence-electron chi connectivity index (χ1n) is 12.2. The standard InChI is InChI=1S/C27H36N4O/c1-21-9-10-23-24(28-21)26(2,3)19-31(23)25(32)30-18-14-27(20-30)12-16-29(17-13-27)15-11-22-7-5-4-6-8-22/h4-10H,11-20H2,1-3H3. The van der Waals surface area contributed by atoms with Crippen LogP contribution in [0.2, 0.25) is 0 Å². The summed E-state index contributed by atoms with van der Waals surface area (Å²) < 4.78 is 0. The number of carbonyl (C=O) groups excluding carboxylic acids is 1. The van der Waals surface area contributed by atoms with Gasteiger partial charge < -0.3 is 9.80 Å². The molecule has 0 saturated carbocycles. The van der Waals surface area contributed by atoms with Crippen molar-refractivity contribution in [3.05, 3.63) is 59.4 Å². The third-order valence-electron chi connectivity index (χ3n) is 7.91. The lowest BCUT2D eigenvalue weighted by atomic mass is 9.78. The van der Waals surface area contributed by atoms with Gasteiger partial charge in [0.25, 0.3) is 0 Å². The molecule has 3 aliphatic rings. The smallest absolute Gasteiger partial charge is 0.324 e. The van der Waals surface area contributed by atoms with Crippen LogP contribution in [0.3, 0.4) is 0 Å². The number of fused-ring (bicyclic) bond motifs is 1. The predicted molar refractivity (Wildman–Crippen MR) is 129 cm³/mol. The van der Waals surface area contributed by atoms with Crippen LogP contribution in [0, 0.1) is 12.3 Å². The molecular weight excluding hydrogens is 396 g/mol. The van der Waals surface area contributed by atoms with Crippen molar-refractivity contribution in [2.45, 2.75) is 51.9 Å². The molecule has 32 heavy (non-hydrogen) atoms. The van der Waals surface area contributed by atoms with Gasteiger partial charge in [0, 0.05) is 37.3 Å². The van der Waals surface area contributed by atoms with E-state index >= 15 is 0 Å². The first kappa shape index (κ1) is 21.4. The van der Waals surface area contributed by atoms with E-state index in [9.17, 15) is 4.79 Å². The fourth-order valence-electron chi connectivity index (χ4n) is 5.85. The summed E-state index contributed by atoms with van der Waals surface area (Å²) in [5, 5.41) is 0. The number of piperidine rings is 1. The molecule has 0 aliphatic carbocycles. The molecule has 5 heteroatoms. The number of amides is 2. The Labute approximate surface area is 192 Å². The topological polar surface area (TPSA) is 39.7 Å². The summed E-state index contributed by atoms with van der Waals surface area (Å²) in [6.07, 6.45) is 4.67. The quantitative estimate of drug-likeness (QED) is 0.709. The Morgan fingerprint density at radius 1 is 0.969 bits per heavy atom. The van der Waals surface area contributed by atoms with E-state index in [0.29, 0.717) is 12.0 Å². The van der Waals surface area contributed by atoms with Crippen molar-refractivity contribution in [2.75, 3.05) is 44.2 Å². The summed E-state index contributed by atoms with van der Waals surface area (Å²) in [7, 11) is 0. The maximum Gasteiger partial charge on any atom is 0.324 e. The van der Waals surface area contributed by atoms with Gasteiger partial charge in [0.15, 0.2) is 0 Å². The van der Waals surface area contributed by atoms with E-state index in [-0.39, 0.29) is 11.4 Å². The molecule has 170 valence electrons. The summed E-state index contributed by atoms with van der Waals surface area (Å²) >= 11 is 0. The van der Waals surface area contributed by atoms with Crippen LogP contribution in [-0.2, 0) is 11.8 Å². The van der Waals surface area contributed by atoms with Gasteiger partial charge >= 0.3 is 6.03 Å². The van der Waals surface area contributed by atoms with Gasteiger partial charge in [-0.05, 0) is 68.8 Å². The molecular formula is C27H36N4O. The first-order chi connectivity index (χ1) is 15.4. The predicted octanol–water partition coefficient (Wildman–Crippen LogP) is 4.64. The molecule has 3 aliphatic heterocycles. The Hall–Kier alpha value is -2.40. The van der Waals surface area contributed by atoms with Crippen molar-refractivity contribution in [2.24, 2.45) is 5.41 Å². The van der Waals surface area contributed by atoms with Crippen LogP contribution in [0.4, 0.5) is 10.5 Å². The highest BCUT2D eigenvalue weighted by Gasteiger charge is 2.46. The maximum absolute atomic E-state index is 13.5. The number of aryl methyl sites for hydroxylation is 1. The molecule has 2 saturated heterocycles. The molecule has 1 spiro atoms. The van der Waals surface area contributed by atoms with Crippen molar-refractivity contribution in [1.82, 2.24) is 14.8 Å². The summed E-state index contributed by atoms with van der Waals surface area (Å²) in [5.41, 5.74) is 4.71. The van der Waals surface area contributed by atoms with Crippen LogP contribution < -0.4 is 4.90 Å². The van der Waals surface area contributed by atoms with Crippen molar-refractivity contribution < 1.29 is 4.79 Å². The highest BCUT2D eigenvalue weighted by molar-refractivity contribution is 5.95. The molecule has 0 N–H and O–H groups in total. The van der Waals surface area contributed by atoms with Crippen LogP contribution in [0.1, 0.15) is 50.1 Å². The second-order valence-electron chi connectivity index (χ2n) is 10.8. The Morgan fingerprint density at radius 2 is 1.69 bits per heavy atom. The summed E-state index contributed by atoms with van der Waals surface area (Å²) in [5.74, 6) is 0. The monoisotopic (exact) mass is 432 g/mol. The van der Waals surface area contributed by atoms with E-state index in [4.69, 9.17) is 4.98 Å². The van der Waals surface area contributed by atoms with Crippen LogP contribution >= 0.6 is 0 Å². The van der Waals surface area contributed by atoms with Gasteiger partial charge in [-0.2, -0.15) is 0 Å². The van der Waals surface area contributed by atoms with Gasteiger partial charge in [-0.3, -0.25) is 9.88 Å². The Bertz CT molecular complexity index is 978. The normalized spacial score (nSPS) is 21.8. The average molecular weight is 433 g/mol. The second-order valence-corrected chi connectivity index (χ2v) is 10.8. The molecule has 2 fully saturated rings. The highest BCUT2D eigenvalue weighted by atomic mass is 16.2. The molecule has 0 atom stereocenters. The summed E-state index contributed by atoms with van der Waals surface area (Å²) in [6, 6.07) is 15.1. The summed E-state index contributed by atoms with van der Waals surface area (Å²) in [6.45, 7) is 12.4. The van der Waals surface area contributed by atoms with E-state index in [1.54, 1.807) is 0 Å². The minimum Gasteiger partial charge on any atom is -0.324 e. The van der Waals surface area contributed by atoms with E-state index in [0.717, 1.165) is 62.6 Å². The lowest BCUT2D eigenvalue weighted by molar-refractivity contribution is 0.111. The van der Waals surface area contributed by atoms with Crippen molar-refractivity contribution in [3.8, 4) is 0 Å². The average Bonchev–Trinajstić information content (AvgIpc) is 3.32. The third kappa shape index (κ3) is 4.03. The van der Waals surface area contributed by atoms with Crippen molar-refractivity contribution in [1.29, 1.82) is 0 Å². The molecule has 5 nitrogen and oxygen atoms in total. The van der Waals surface area contributed by atoms with Crippen LogP contribution in [-0.4, -0.2) is 60.1 Å². The van der Waals surface area contributed by atoms with Gasteiger partial charge in [0.1, 0.15) is 0 Å². The van der Waals surface area contributed by atoms with E-state index in [1.807, 2.05) is 17.9 Å². The molecule has 0 unspecified atom stereocenters. The van der Waals surface area contributed by atoms with Crippen molar-refractivity contribution >= 4 is 11.7 Å². The van der Waals surface area contributed by atoms with Crippen LogP contribution in [0.25, 0.3) is 0 Å². The van der Waals surface area contributed by atoms with Gasteiger partial charge in [-0.25, -0.2) is 4.79 Å². The SMILES string of the molecule is Cc1ccc2c(n1)C(C)(C)CN2C(=O)N1CCC2(CCN(CCc3ccccc3)CC2)C1. The van der Waals surface area contributed by atoms with Gasteiger partial charge in [0.2, 0.25) is 0 Å². The second kappa shape index (κ2) is 8.18.